The van der Waals surface area contributed by atoms with Crippen LogP contribution in [0, 0.1) is 13.8 Å². The largest absolute Gasteiger partial charge is 0.496 e. The second-order valence-electron chi connectivity index (χ2n) is 8.85. The molecule has 1 fully saturated rings. The summed E-state index contributed by atoms with van der Waals surface area (Å²) in [6, 6.07) is 14.0. The Hall–Kier alpha value is -3.19. The molecule has 2 amide bonds. The number of nitrogens with zero attached hydrogens (tertiary/aromatic N) is 4. The summed E-state index contributed by atoms with van der Waals surface area (Å²) in [6.07, 6.45) is 0.633. The van der Waals surface area contributed by atoms with Crippen LogP contribution in [0.25, 0.3) is 0 Å². The summed E-state index contributed by atoms with van der Waals surface area (Å²) < 4.78 is 5.62. The Morgan fingerprint density at radius 1 is 1.06 bits per heavy atom. The molecular weight excluding hydrogens is 416 g/mol. The highest BCUT2D eigenvalue weighted by Gasteiger charge is 2.36. The topological polar surface area (TPSA) is 65.5 Å². The number of hydrazone groups is 1. The zero-order valence-electron chi connectivity index (χ0n) is 19.9. The molecule has 1 atom stereocenters. The number of methoxy groups -OCH3 is 1. The van der Waals surface area contributed by atoms with E-state index < -0.39 is 0 Å². The van der Waals surface area contributed by atoms with Crippen molar-refractivity contribution in [2.45, 2.75) is 33.2 Å². The van der Waals surface area contributed by atoms with Gasteiger partial charge in [0.25, 0.3) is 5.91 Å². The predicted molar refractivity (Wildman–Crippen MR) is 128 cm³/mol. The fourth-order valence-electron chi connectivity index (χ4n) is 4.62. The molecule has 2 aliphatic heterocycles. The minimum atomic E-state index is -0.220. The first-order valence-electron chi connectivity index (χ1n) is 11.5. The van der Waals surface area contributed by atoms with Gasteiger partial charge in [-0.1, -0.05) is 35.9 Å². The van der Waals surface area contributed by atoms with Gasteiger partial charge in [0.2, 0.25) is 5.91 Å². The lowest BCUT2D eigenvalue weighted by molar-refractivity contribution is -0.135. The molecule has 1 unspecified atom stereocenters. The van der Waals surface area contributed by atoms with Gasteiger partial charge in [-0.15, -0.1) is 0 Å². The zero-order chi connectivity index (χ0) is 23.5. The normalized spacial score (nSPS) is 18.9. The minimum Gasteiger partial charge on any atom is -0.496 e. The summed E-state index contributed by atoms with van der Waals surface area (Å²) in [5.74, 6) is 0.801. The van der Waals surface area contributed by atoms with E-state index in [9.17, 15) is 9.59 Å². The van der Waals surface area contributed by atoms with Gasteiger partial charge in [-0.3, -0.25) is 14.5 Å². The Balaban J connectivity index is 1.61. The first-order chi connectivity index (χ1) is 15.9. The summed E-state index contributed by atoms with van der Waals surface area (Å²) in [4.78, 5) is 29.0. The van der Waals surface area contributed by atoms with Crippen molar-refractivity contribution in [1.82, 2.24) is 14.8 Å². The fraction of sp³-hybridized carbons (Fsp3) is 0.423. The van der Waals surface area contributed by atoms with Crippen LogP contribution >= 0.6 is 0 Å². The molecule has 0 saturated carbocycles. The molecule has 4 rings (SSSR count). The Bertz CT molecular complexity index is 1070. The highest BCUT2D eigenvalue weighted by atomic mass is 16.5. The number of piperazine rings is 1. The van der Waals surface area contributed by atoms with E-state index in [0.717, 1.165) is 28.2 Å². The van der Waals surface area contributed by atoms with E-state index >= 15 is 0 Å². The fourth-order valence-corrected chi connectivity index (χ4v) is 4.62. The quantitative estimate of drug-likeness (QED) is 0.705. The molecule has 0 aliphatic carbocycles. The van der Waals surface area contributed by atoms with Crippen LogP contribution in [0.15, 0.2) is 47.6 Å². The molecule has 7 nitrogen and oxygen atoms in total. The lowest BCUT2D eigenvalue weighted by atomic mass is 9.94. The van der Waals surface area contributed by atoms with Gasteiger partial charge >= 0.3 is 0 Å². The summed E-state index contributed by atoms with van der Waals surface area (Å²) in [6.45, 7) is 8.69. The maximum atomic E-state index is 13.5. The molecule has 2 aromatic carbocycles. The first-order valence-corrected chi connectivity index (χ1v) is 11.5. The van der Waals surface area contributed by atoms with E-state index in [4.69, 9.17) is 9.84 Å². The van der Waals surface area contributed by atoms with Gasteiger partial charge in [-0.05, 0) is 31.5 Å². The number of rotatable bonds is 5. The van der Waals surface area contributed by atoms with Gasteiger partial charge in [0.1, 0.15) is 5.75 Å². The van der Waals surface area contributed by atoms with Gasteiger partial charge in [0, 0.05) is 50.7 Å². The van der Waals surface area contributed by atoms with E-state index in [1.807, 2.05) is 29.2 Å². The third kappa shape index (κ3) is 4.93. The number of hydrogen-bond acceptors (Lipinski definition) is 5. The van der Waals surface area contributed by atoms with Gasteiger partial charge in [-0.25, -0.2) is 5.01 Å². The lowest BCUT2D eigenvalue weighted by Gasteiger charge is -2.34. The number of ether oxygens (including phenoxy) is 1. The standard InChI is InChI=1S/C26H32N4O3/c1-18-9-10-19(2)22(15-18)23-16-24(21-7-5-6-8-25(21)33-4)30(27-23)26(32)17-28-11-13-29(14-12-28)20(3)31/h5-10,15,24H,11-14,16-17H2,1-4H3. The number of carbonyl (C=O) groups is 2. The van der Waals surface area contributed by atoms with Crippen LogP contribution in [0.3, 0.4) is 0 Å². The van der Waals surface area contributed by atoms with Crippen molar-refractivity contribution in [2.75, 3.05) is 39.8 Å². The van der Waals surface area contributed by atoms with Gasteiger partial charge in [0.15, 0.2) is 0 Å². The Kier molecular flexibility index (Phi) is 6.79. The van der Waals surface area contributed by atoms with Crippen LogP contribution in [-0.4, -0.2) is 72.2 Å². The first kappa shape index (κ1) is 23.0. The molecular formula is C26H32N4O3. The molecule has 0 radical (unpaired) electrons. The van der Waals surface area contributed by atoms with Crippen LogP contribution < -0.4 is 4.74 Å². The van der Waals surface area contributed by atoms with Crippen molar-refractivity contribution in [3.8, 4) is 5.75 Å². The Labute approximate surface area is 195 Å². The summed E-state index contributed by atoms with van der Waals surface area (Å²) in [5.41, 5.74) is 5.27. The molecule has 2 aromatic rings. The minimum absolute atomic E-state index is 0.0394. The van der Waals surface area contributed by atoms with Crippen molar-refractivity contribution >= 4 is 17.5 Å². The van der Waals surface area contributed by atoms with Gasteiger partial charge in [0.05, 0.1) is 25.4 Å². The van der Waals surface area contributed by atoms with E-state index in [1.54, 1.807) is 19.0 Å². The van der Waals surface area contributed by atoms with Crippen molar-refractivity contribution in [2.24, 2.45) is 5.10 Å². The van der Waals surface area contributed by atoms with Gasteiger partial charge in [-0.2, -0.15) is 5.10 Å². The average Bonchev–Trinajstić information content (AvgIpc) is 3.26. The molecule has 174 valence electrons. The summed E-state index contributed by atoms with van der Waals surface area (Å²) in [7, 11) is 1.65. The molecule has 2 aliphatic rings. The average molecular weight is 449 g/mol. The smallest absolute Gasteiger partial charge is 0.257 e. The number of benzene rings is 2. The molecule has 0 aromatic heterocycles. The Morgan fingerprint density at radius 3 is 2.48 bits per heavy atom. The number of amides is 2. The molecule has 0 spiro atoms. The highest BCUT2D eigenvalue weighted by molar-refractivity contribution is 6.04. The lowest BCUT2D eigenvalue weighted by Crippen LogP contribution is -2.50. The molecule has 0 bridgehead atoms. The number of hydrogen-bond donors (Lipinski definition) is 0. The molecule has 33 heavy (non-hydrogen) atoms. The number of aryl methyl sites for hydroxylation is 2. The SMILES string of the molecule is COc1ccccc1C1CC(c2cc(C)ccc2C)=NN1C(=O)CN1CCN(C(C)=O)CC1. The third-order valence-electron chi connectivity index (χ3n) is 6.54. The number of carbonyl (C=O) groups excluding carboxylic acids is 2. The zero-order valence-corrected chi connectivity index (χ0v) is 19.9. The molecule has 2 heterocycles. The molecule has 0 N–H and O–H groups in total. The third-order valence-corrected chi connectivity index (χ3v) is 6.54. The van der Waals surface area contributed by atoms with Crippen LogP contribution in [0.2, 0.25) is 0 Å². The number of para-hydroxylation sites is 1. The summed E-state index contributed by atoms with van der Waals surface area (Å²) in [5, 5.41) is 6.50. The monoisotopic (exact) mass is 448 g/mol. The van der Waals surface area contributed by atoms with Crippen LogP contribution in [0.5, 0.6) is 5.75 Å². The maximum absolute atomic E-state index is 13.5. The molecule has 1 saturated heterocycles. The van der Waals surface area contributed by atoms with E-state index in [-0.39, 0.29) is 24.4 Å². The second-order valence-corrected chi connectivity index (χ2v) is 8.85. The summed E-state index contributed by atoms with van der Waals surface area (Å²) >= 11 is 0. The van der Waals surface area contributed by atoms with Crippen molar-refractivity contribution in [3.05, 3.63) is 64.7 Å². The van der Waals surface area contributed by atoms with Crippen molar-refractivity contribution in [3.63, 3.8) is 0 Å². The van der Waals surface area contributed by atoms with E-state index in [2.05, 4.69) is 36.9 Å². The Morgan fingerprint density at radius 2 is 1.79 bits per heavy atom. The van der Waals surface area contributed by atoms with Crippen LogP contribution in [-0.2, 0) is 9.59 Å². The van der Waals surface area contributed by atoms with Crippen molar-refractivity contribution in [1.29, 1.82) is 0 Å². The van der Waals surface area contributed by atoms with Gasteiger partial charge < -0.3 is 9.64 Å². The maximum Gasteiger partial charge on any atom is 0.257 e. The highest BCUT2D eigenvalue weighted by Crippen LogP contribution is 2.38. The van der Waals surface area contributed by atoms with Crippen molar-refractivity contribution < 1.29 is 14.3 Å². The van der Waals surface area contributed by atoms with E-state index in [1.165, 1.54) is 5.56 Å². The van der Waals surface area contributed by atoms with Crippen LogP contribution in [0.4, 0.5) is 0 Å². The van der Waals surface area contributed by atoms with E-state index in [0.29, 0.717) is 32.6 Å². The molecule has 7 heteroatoms. The predicted octanol–water partition coefficient (Wildman–Crippen LogP) is 3.15. The van der Waals surface area contributed by atoms with Crippen LogP contribution in [0.1, 0.15) is 41.6 Å². The second kappa shape index (κ2) is 9.75.